The summed E-state index contributed by atoms with van der Waals surface area (Å²) in [5, 5.41) is 2.82. The molecule has 0 aliphatic carbocycles. The maximum atomic E-state index is 12.0. The normalized spacial score (nSPS) is 10.5. The largest absolute Gasteiger partial charge is 0.497 e. The Bertz CT molecular complexity index is 740. The zero-order valence-electron chi connectivity index (χ0n) is 14.7. The number of hydrogen-bond acceptors (Lipinski definition) is 4. The van der Waals surface area contributed by atoms with Crippen LogP contribution in [0.25, 0.3) is 6.08 Å². The number of nitrogens with one attached hydrogen (secondary N) is 1. The molecule has 2 aromatic carbocycles. The average Bonchev–Trinajstić information content (AvgIpc) is 2.65. The van der Waals surface area contributed by atoms with Gasteiger partial charge in [-0.25, -0.2) is 0 Å². The lowest BCUT2D eigenvalue weighted by molar-refractivity contribution is -0.123. The number of benzene rings is 2. The molecule has 1 amide bonds. The van der Waals surface area contributed by atoms with Crippen molar-refractivity contribution in [2.75, 3.05) is 20.8 Å². The summed E-state index contributed by atoms with van der Waals surface area (Å²) >= 11 is 0. The molecule has 25 heavy (non-hydrogen) atoms. The Morgan fingerprint density at radius 2 is 1.92 bits per heavy atom. The Kier molecular flexibility index (Phi) is 6.89. The lowest BCUT2D eigenvalue weighted by atomic mass is 10.2. The van der Waals surface area contributed by atoms with Crippen LogP contribution in [0.5, 0.6) is 17.2 Å². The summed E-state index contributed by atoms with van der Waals surface area (Å²) in [5.74, 6) is 1.68. The standard InChI is InChI=1S/C20H23NO4/c1-4-6-15-9-10-18(19(12-15)24-3)25-14-20(22)21-13-16-7-5-8-17(11-16)23-2/h4-12H,13-14H2,1-3H3,(H,21,22)/b6-4+. The third kappa shape index (κ3) is 5.57. The molecular weight excluding hydrogens is 318 g/mol. The fourth-order valence-corrected chi connectivity index (χ4v) is 2.28. The second-order valence-electron chi connectivity index (χ2n) is 5.33. The van der Waals surface area contributed by atoms with E-state index in [0.717, 1.165) is 16.9 Å². The van der Waals surface area contributed by atoms with Crippen LogP contribution in [0.15, 0.2) is 48.5 Å². The molecule has 0 aromatic heterocycles. The summed E-state index contributed by atoms with van der Waals surface area (Å²) in [4.78, 5) is 12.0. The third-order valence-electron chi connectivity index (χ3n) is 3.53. The summed E-state index contributed by atoms with van der Waals surface area (Å²) < 4.78 is 16.0. The monoisotopic (exact) mass is 341 g/mol. The van der Waals surface area contributed by atoms with E-state index in [1.807, 2.05) is 55.5 Å². The Morgan fingerprint density at radius 1 is 1.08 bits per heavy atom. The van der Waals surface area contributed by atoms with Crippen LogP contribution in [0.2, 0.25) is 0 Å². The molecule has 0 bridgehead atoms. The topological polar surface area (TPSA) is 56.8 Å². The molecule has 132 valence electrons. The highest BCUT2D eigenvalue weighted by Gasteiger charge is 2.08. The van der Waals surface area contributed by atoms with Crippen LogP contribution in [-0.2, 0) is 11.3 Å². The average molecular weight is 341 g/mol. The van der Waals surface area contributed by atoms with Crippen LogP contribution in [0.4, 0.5) is 0 Å². The van der Waals surface area contributed by atoms with Gasteiger partial charge < -0.3 is 19.5 Å². The van der Waals surface area contributed by atoms with Crippen molar-refractivity contribution in [3.05, 3.63) is 59.7 Å². The van der Waals surface area contributed by atoms with Gasteiger partial charge in [0.1, 0.15) is 5.75 Å². The van der Waals surface area contributed by atoms with E-state index in [9.17, 15) is 4.79 Å². The highest BCUT2D eigenvalue weighted by molar-refractivity contribution is 5.77. The van der Waals surface area contributed by atoms with Crippen molar-refractivity contribution in [1.82, 2.24) is 5.32 Å². The quantitative estimate of drug-likeness (QED) is 0.799. The Morgan fingerprint density at radius 3 is 2.64 bits per heavy atom. The molecule has 0 aliphatic rings. The molecule has 2 rings (SSSR count). The van der Waals surface area contributed by atoms with Gasteiger partial charge >= 0.3 is 0 Å². The van der Waals surface area contributed by atoms with Gasteiger partial charge in [-0.3, -0.25) is 4.79 Å². The molecule has 0 saturated heterocycles. The maximum absolute atomic E-state index is 12.0. The first-order valence-electron chi connectivity index (χ1n) is 7.99. The molecule has 5 nitrogen and oxygen atoms in total. The molecule has 0 heterocycles. The molecule has 0 radical (unpaired) electrons. The van der Waals surface area contributed by atoms with Gasteiger partial charge in [0.15, 0.2) is 18.1 Å². The van der Waals surface area contributed by atoms with Gasteiger partial charge in [0.05, 0.1) is 14.2 Å². The smallest absolute Gasteiger partial charge is 0.258 e. The second-order valence-corrected chi connectivity index (χ2v) is 5.33. The second kappa shape index (κ2) is 9.37. The van der Waals surface area contributed by atoms with E-state index in [0.29, 0.717) is 18.0 Å². The van der Waals surface area contributed by atoms with Crippen LogP contribution in [0.3, 0.4) is 0 Å². The van der Waals surface area contributed by atoms with Gasteiger partial charge in [-0.1, -0.05) is 30.4 Å². The maximum Gasteiger partial charge on any atom is 0.258 e. The van der Waals surface area contributed by atoms with Crippen LogP contribution < -0.4 is 19.5 Å². The molecule has 0 atom stereocenters. The van der Waals surface area contributed by atoms with Crippen molar-refractivity contribution < 1.29 is 19.0 Å². The fraction of sp³-hybridized carbons (Fsp3) is 0.250. The predicted molar refractivity (Wildman–Crippen MR) is 98.0 cm³/mol. The number of ether oxygens (including phenoxy) is 3. The number of hydrogen-bond donors (Lipinski definition) is 1. The SMILES string of the molecule is C/C=C/c1ccc(OCC(=O)NCc2cccc(OC)c2)c(OC)c1. The minimum Gasteiger partial charge on any atom is -0.497 e. The van der Waals surface area contributed by atoms with E-state index >= 15 is 0 Å². The van der Waals surface area contributed by atoms with Gasteiger partial charge in [0.25, 0.3) is 5.91 Å². The molecule has 0 fully saturated rings. The number of methoxy groups -OCH3 is 2. The van der Waals surface area contributed by atoms with Crippen LogP contribution >= 0.6 is 0 Å². The van der Waals surface area contributed by atoms with Crippen molar-refractivity contribution in [3.63, 3.8) is 0 Å². The Hall–Kier alpha value is -2.95. The molecular formula is C20H23NO4. The molecule has 5 heteroatoms. The molecule has 1 N–H and O–H groups in total. The minimum atomic E-state index is -0.206. The van der Waals surface area contributed by atoms with Crippen molar-refractivity contribution >= 4 is 12.0 Å². The van der Waals surface area contributed by atoms with E-state index in [1.165, 1.54) is 0 Å². The summed E-state index contributed by atoms with van der Waals surface area (Å²) in [6.45, 7) is 2.28. The summed E-state index contributed by atoms with van der Waals surface area (Å²) in [6, 6.07) is 13.1. The van der Waals surface area contributed by atoms with Gasteiger partial charge in [0.2, 0.25) is 0 Å². The van der Waals surface area contributed by atoms with Crippen LogP contribution in [-0.4, -0.2) is 26.7 Å². The number of carbonyl (C=O) groups excluding carboxylic acids is 1. The van der Waals surface area contributed by atoms with Crippen molar-refractivity contribution in [2.45, 2.75) is 13.5 Å². The Labute approximate surface area is 148 Å². The molecule has 0 saturated carbocycles. The third-order valence-corrected chi connectivity index (χ3v) is 3.53. The van der Waals surface area contributed by atoms with Gasteiger partial charge in [-0.05, 0) is 42.3 Å². The highest BCUT2D eigenvalue weighted by Crippen LogP contribution is 2.28. The van der Waals surface area contributed by atoms with Crippen molar-refractivity contribution in [2.24, 2.45) is 0 Å². The number of allylic oxidation sites excluding steroid dienone is 1. The summed E-state index contributed by atoms with van der Waals surface area (Å²) in [5.41, 5.74) is 1.97. The molecule has 0 aliphatic heterocycles. The highest BCUT2D eigenvalue weighted by atomic mass is 16.5. The summed E-state index contributed by atoms with van der Waals surface area (Å²) in [7, 11) is 3.19. The lowest BCUT2D eigenvalue weighted by Crippen LogP contribution is -2.28. The Balaban J connectivity index is 1.89. The van der Waals surface area contributed by atoms with Crippen LogP contribution in [0, 0.1) is 0 Å². The van der Waals surface area contributed by atoms with Gasteiger partial charge in [-0.15, -0.1) is 0 Å². The first-order chi connectivity index (χ1) is 12.2. The van der Waals surface area contributed by atoms with E-state index in [1.54, 1.807) is 20.3 Å². The zero-order chi connectivity index (χ0) is 18.1. The first-order valence-corrected chi connectivity index (χ1v) is 7.99. The number of amides is 1. The van der Waals surface area contributed by atoms with Crippen molar-refractivity contribution in [1.29, 1.82) is 0 Å². The minimum absolute atomic E-state index is 0.0801. The van der Waals surface area contributed by atoms with E-state index < -0.39 is 0 Å². The van der Waals surface area contributed by atoms with E-state index in [-0.39, 0.29) is 12.5 Å². The number of rotatable bonds is 8. The molecule has 0 spiro atoms. The first kappa shape index (κ1) is 18.4. The lowest BCUT2D eigenvalue weighted by Gasteiger charge is -2.12. The van der Waals surface area contributed by atoms with Crippen molar-refractivity contribution in [3.8, 4) is 17.2 Å². The zero-order valence-corrected chi connectivity index (χ0v) is 14.7. The van der Waals surface area contributed by atoms with Gasteiger partial charge in [-0.2, -0.15) is 0 Å². The predicted octanol–water partition coefficient (Wildman–Crippen LogP) is 3.43. The number of carbonyl (C=O) groups is 1. The van der Waals surface area contributed by atoms with E-state index in [2.05, 4.69) is 5.32 Å². The van der Waals surface area contributed by atoms with E-state index in [4.69, 9.17) is 14.2 Å². The van der Waals surface area contributed by atoms with Gasteiger partial charge in [0, 0.05) is 6.54 Å². The molecule has 0 unspecified atom stereocenters. The summed E-state index contributed by atoms with van der Waals surface area (Å²) in [6.07, 6.45) is 3.91. The molecule has 2 aromatic rings. The fourth-order valence-electron chi connectivity index (χ4n) is 2.28. The van der Waals surface area contributed by atoms with Crippen LogP contribution in [0.1, 0.15) is 18.1 Å².